The van der Waals surface area contributed by atoms with E-state index < -0.39 is 0 Å². The van der Waals surface area contributed by atoms with E-state index >= 15 is 0 Å². The van der Waals surface area contributed by atoms with Gasteiger partial charge in [-0.25, -0.2) is 0 Å². The zero-order valence-corrected chi connectivity index (χ0v) is 23.1. The Morgan fingerprint density at radius 1 is 1.03 bits per heavy atom. The van der Waals surface area contributed by atoms with Gasteiger partial charge in [0, 0.05) is 39.8 Å². The van der Waals surface area contributed by atoms with E-state index in [0.717, 1.165) is 58.2 Å². The quantitative estimate of drug-likeness (QED) is 0.246. The van der Waals surface area contributed by atoms with E-state index in [1.165, 1.54) is 11.3 Å². The van der Waals surface area contributed by atoms with Crippen molar-refractivity contribution in [2.45, 2.75) is 51.2 Å². The summed E-state index contributed by atoms with van der Waals surface area (Å²) < 4.78 is 6.77. The number of hydrogen-bond acceptors (Lipinski definition) is 5. The molecule has 2 N–H and O–H groups in total. The summed E-state index contributed by atoms with van der Waals surface area (Å²) in [4.78, 5) is 28.2. The van der Waals surface area contributed by atoms with Crippen molar-refractivity contribution in [1.29, 1.82) is 0 Å². The number of nitrogens with two attached hydrogens (primary N) is 1. The van der Waals surface area contributed by atoms with E-state index in [9.17, 15) is 9.59 Å². The molecule has 0 spiro atoms. The molecule has 5 rings (SSSR count). The molecule has 0 unspecified atom stereocenters. The van der Waals surface area contributed by atoms with E-state index in [2.05, 4.69) is 0 Å². The minimum Gasteiger partial charge on any atom is -0.496 e. The Morgan fingerprint density at radius 3 is 2.39 bits per heavy atom. The summed E-state index contributed by atoms with van der Waals surface area (Å²) in [5.41, 5.74) is 9.73. The number of methoxy groups -OCH3 is 1. The number of carbonyl (C=O) groups is 2. The molecule has 196 valence electrons. The van der Waals surface area contributed by atoms with Crippen molar-refractivity contribution in [3.8, 4) is 16.9 Å². The Balaban J connectivity index is 1.47. The predicted octanol–water partition coefficient (Wildman–Crippen LogP) is 7.35. The minimum absolute atomic E-state index is 0.0334. The normalized spacial score (nSPS) is 17.4. The van der Waals surface area contributed by atoms with Gasteiger partial charge in [-0.15, -0.1) is 11.3 Å². The molecule has 0 radical (unpaired) electrons. The van der Waals surface area contributed by atoms with Gasteiger partial charge in [0.25, 0.3) is 5.91 Å². The van der Waals surface area contributed by atoms with Crippen LogP contribution in [0, 0.1) is 0 Å². The highest BCUT2D eigenvalue weighted by molar-refractivity contribution is 7.21. The number of fused-ring (bicyclic) bond motifs is 1. The van der Waals surface area contributed by atoms with Gasteiger partial charge in [-0.05, 0) is 55.9 Å². The zero-order valence-electron chi connectivity index (χ0n) is 21.6. The highest BCUT2D eigenvalue weighted by atomic mass is 35.5. The molecule has 3 aromatic carbocycles. The van der Waals surface area contributed by atoms with Gasteiger partial charge in [-0.2, -0.15) is 0 Å². The molecule has 5 nitrogen and oxygen atoms in total. The van der Waals surface area contributed by atoms with Crippen LogP contribution in [0.4, 0.5) is 0 Å². The Morgan fingerprint density at radius 2 is 1.74 bits per heavy atom. The van der Waals surface area contributed by atoms with Crippen LogP contribution in [0.15, 0.2) is 66.7 Å². The van der Waals surface area contributed by atoms with Crippen LogP contribution in [0.5, 0.6) is 5.75 Å². The lowest BCUT2D eigenvalue weighted by molar-refractivity contribution is 0.0611. The Kier molecular flexibility index (Phi) is 7.84. The minimum atomic E-state index is -0.0421. The molecule has 0 aliphatic heterocycles. The van der Waals surface area contributed by atoms with E-state index in [0.29, 0.717) is 22.0 Å². The van der Waals surface area contributed by atoms with E-state index in [1.807, 2.05) is 71.6 Å². The number of Topliss-reactive ketones (excluding diaryl/α,β-unsaturated/α-hetero) is 1. The molecule has 1 heterocycles. The number of ether oxygens (including phenoxy) is 1. The summed E-state index contributed by atoms with van der Waals surface area (Å²) in [5, 5.41) is 1.44. The van der Waals surface area contributed by atoms with Crippen LogP contribution < -0.4 is 10.5 Å². The summed E-state index contributed by atoms with van der Waals surface area (Å²) >= 11 is 8.18. The number of nitrogens with zero attached hydrogens (tertiary/aromatic N) is 1. The van der Waals surface area contributed by atoms with Crippen molar-refractivity contribution in [1.82, 2.24) is 4.90 Å². The fourth-order valence-corrected chi connectivity index (χ4v) is 6.68. The highest BCUT2D eigenvalue weighted by Crippen LogP contribution is 2.38. The summed E-state index contributed by atoms with van der Waals surface area (Å²) in [6.07, 6.45) is 3.53. The third-order valence-corrected chi connectivity index (χ3v) is 9.06. The van der Waals surface area contributed by atoms with Crippen molar-refractivity contribution in [2.75, 3.05) is 7.11 Å². The second kappa shape index (κ2) is 11.3. The third-order valence-electron chi connectivity index (χ3n) is 7.39. The van der Waals surface area contributed by atoms with Crippen molar-refractivity contribution in [3.63, 3.8) is 0 Å². The second-order valence-electron chi connectivity index (χ2n) is 9.91. The first-order valence-electron chi connectivity index (χ1n) is 12.9. The van der Waals surface area contributed by atoms with E-state index in [4.69, 9.17) is 22.1 Å². The monoisotopic (exact) mass is 546 g/mol. The number of halogens is 1. The molecule has 0 saturated heterocycles. The van der Waals surface area contributed by atoms with Crippen molar-refractivity contribution in [3.05, 3.63) is 87.8 Å². The highest BCUT2D eigenvalue weighted by Gasteiger charge is 2.31. The lowest BCUT2D eigenvalue weighted by Crippen LogP contribution is -2.43. The van der Waals surface area contributed by atoms with Crippen molar-refractivity contribution < 1.29 is 14.3 Å². The molecule has 7 heteroatoms. The first-order valence-corrected chi connectivity index (χ1v) is 14.1. The number of thiophene rings is 1. The van der Waals surface area contributed by atoms with Crippen LogP contribution >= 0.6 is 22.9 Å². The van der Waals surface area contributed by atoms with Gasteiger partial charge in [0.05, 0.1) is 12.1 Å². The van der Waals surface area contributed by atoms with Crippen LogP contribution in [-0.4, -0.2) is 35.8 Å². The summed E-state index contributed by atoms with van der Waals surface area (Å²) in [7, 11) is 1.65. The maximum absolute atomic E-state index is 14.0. The Bertz CT molecular complexity index is 1470. The second-order valence-corrected chi connectivity index (χ2v) is 11.3. The standard InChI is InChI=1S/C31H31ClN2O3S/c1-19(35)21-8-10-22(11-9-21)25-16-7-20(17-27(25)37-2)18-34(24-14-12-23(33)13-15-24)31(36)30-29(32)26-5-3-4-6-28(26)38-30/h3-11,16-17,23-24H,12-15,18,33H2,1-2H3. The lowest BCUT2D eigenvalue weighted by Gasteiger charge is -2.36. The van der Waals surface area contributed by atoms with Gasteiger partial charge >= 0.3 is 0 Å². The molecule has 1 fully saturated rings. The molecule has 38 heavy (non-hydrogen) atoms. The Labute approximate surface area is 232 Å². The number of hydrogen-bond donors (Lipinski definition) is 1. The number of carbonyl (C=O) groups excluding carboxylic acids is 2. The van der Waals surface area contributed by atoms with Gasteiger partial charge in [0.15, 0.2) is 5.78 Å². The zero-order chi connectivity index (χ0) is 26.8. The average Bonchev–Trinajstić information content (AvgIpc) is 3.28. The Hall–Kier alpha value is -3.19. The maximum Gasteiger partial charge on any atom is 0.266 e. The van der Waals surface area contributed by atoms with E-state index in [-0.39, 0.29) is 23.8 Å². The fraction of sp³-hybridized carbons (Fsp3) is 0.290. The molecule has 1 aliphatic rings. The molecule has 1 amide bonds. The first kappa shape index (κ1) is 26.4. The van der Waals surface area contributed by atoms with Gasteiger partial charge in [0.1, 0.15) is 10.6 Å². The topological polar surface area (TPSA) is 72.6 Å². The maximum atomic E-state index is 14.0. The molecule has 1 saturated carbocycles. The van der Waals surface area contributed by atoms with Gasteiger partial charge in [-0.1, -0.05) is 66.2 Å². The third kappa shape index (κ3) is 5.35. The lowest BCUT2D eigenvalue weighted by atomic mass is 9.90. The molecule has 0 atom stereocenters. The summed E-state index contributed by atoms with van der Waals surface area (Å²) in [6, 6.07) is 21.7. The number of amides is 1. The molecule has 4 aromatic rings. The molecular weight excluding hydrogens is 516 g/mol. The SMILES string of the molecule is COc1cc(CN(C(=O)c2sc3ccccc3c2Cl)C2CCC(N)CC2)ccc1-c1ccc(C(C)=O)cc1. The number of benzene rings is 3. The molecule has 1 aromatic heterocycles. The van der Waals surface area contributed by atoms with Crippen LogP contribution in [0.25, 0.3) is 21.2 Å². The van der Waals surface area contributed by atoms with E-state index in [1.54, 1.807) is 14.0 Å². The number of rotatable bonds is 7. The van der Waals surface area contributed by atoms with Gasteiger partial charge in [0.2, 0.25) is 0 Å². The van der Waals surface area contributed by atoms with Gasteiger partial charge in [-0.3, -0.25) is 9.59 Å². The number of ketones is 1. The largest absolute Gasteiger partial charge is 0.496 e. The molecule has 0 bridgehead atoms. The van der Waals surface area contributed by atoms with Gasteiger partial charge < -0.3 is 15.4 Å². The van der Waals surface area contributed by atoms with Crippen LogP contribution in [0.1, 0.15) is 58.2 Å². The van der Waals surface area contributed by atoms with Crippen LogP contribution in [-0.2, 0) is 6.54 Å². The average molecular weight is 547 g/mol. The summed E-state index contributed by atoms with van der Waals surface area (Å²) in [5.74, 6) is 0.710. The predicted molar refractivity (Wildman–Crippen MR) is 155 cm³/mol. The molecule has 1 aliphatic carbocycles. The molecular formula is C31H31ClN2O3S. The summed E-state index contributed by atoms with van der Waals surface area (Å²) in [6.45, 7) is 2.01. The van der Waals surface area contributed by atoms with Crippen LogP contribution in [0.3, 0.4) is 0 Å². The van der Waals surface area contributed by atoms with Crippen LogP contribution in [0.2, 0.25) is 5.02 Å². The smallest absolute Gasteiger partial charge is 0.266 e. The first-order chi connectivity index (χ1) is 18.4. The van der Waals surface area contributed by atoms with Crippen molar-refractivity contribution in [2.24, 2.45) is 5.73 Å². The van der Waals surface area contributed by atoms with Crippen molar-refractivity contribution >= 4 is 44.7 Å². The fourth-order valence-electron chi connectivity index (χ4n) is 5.22.